The van der Waals surface area contributed by atoms with Crippen molar-refractivity contribution in [1.29, 1.82) is 0 Å². The molecule has 1 aromatic carbocycles. The van der Waals surface area contributed by atoms with Crippen molar-refractivity contribution in [2.45, 2.75) is 36.9 Å². The summed E-state index contributed by atoms with van der Waals surface area (Å²) in [5.74, 6) is -0.605. The second-order valence-electron chi connectivity index (χ2n) is 7.17. The van der Waals surface area contributed by atoms with Crippen molar-refractivity contribution in [3.63, 3.8) is 0 Å². The Morgan fingerprint density at radius 1 is 1.31 bits per heavy atom. The van der Waals surface area contributed by atoms with Crippen LogP contribution in [0.3, 0.4) is 0 Å². The molecule has 1 fully saturated rings. The van der Waals surface area contributed by atoms with Crippen molar-refractivity contribution in [2.75, 3.05) is 5.73 Å². The molecule has 8 nitrogen and oxygen atoms in total. The molecule has 3 aromatic rings. The van der Waals surface area contributed by atoms with E-state index in [4.69, 9.17) is 33.7 Å². The predicted molar refractivity (Wildman–Crippen MR) is 108 cm³/mol. The van der Waals surface area contributed by atoms with Gasteiger partial charge in [0.1, 0.15) is 41.9 Å². The number of rotatable bonds is 4. The van der Waals surface area contributed by atoms with Crippen LogP contribution in [0.1, 0.15) is 24.6 Å². The first-order chi connectivity index (χ1) is 13.8. The number of carbonyl (C=O) groups excluding carboxylic acids is 1. The standard InChI is InChI=1S/C19H18Cl2N4O4/c1-19(28)14(27)18(25-5-4-10-16(22)23-8-24-17(10)25)29-15(19)11(7-26)9-2-3-12(20)13(21)6-9/h2-8,11,14-15,18,27-28H,1H3,(H2,22,23,24)/t11-,14+,15-,18-,19+/m1/s1. The number of hydrogen-bond donors (Lipinski definition) is 3. The Bertz CT molecular complexity index is 1090. The highest BCUT2D eigenvalue weighted by molar-refractivity contribution is 6.42. The Morgan fingerprint density at radius 3 is 2.76 bits per heavy atom. The quantitative estimate of drug-likeness (QED) is 0.535. The third-order valence-electron chi connectivity index (χ3n) is 5.35. The Hall–Kier alpha value is -2.23. The summed E-state index contributed by atoms with van der Waals surface area (Å²) in [4.78, 5) is 20.1. The topological polar surface area (TPSA) is 123 Å². The second kappa shape index (κ2) is 7.23. The molecule has 2 aromatic heterocycles. The zero-order valence-corrected chi connectivity index (χ0v) is 16.7. The summed E-state index contributed by atoms with van der Waals surface area (Å²) in [6, 6.07) is 6.43. The Morgan fingerprint density at radius 2 is 2.07 bits per heavy atom. The molecule has 1 saturated heterocycles. The third kappa shape index (κ3) is 3.17. The van der Waals surface area contributed by atoms with Gasteiger partial charge in [-0.1, -0.05) is 29.3 Å². The fraction of sp³-hybridized carbons (Fsp3) is 0.316. The van der Waals surface area contributed by atoms with E-state index < -0.39 is 30.0 Å². The largest absolute Gasteiger partial charge is 0.385 e. The number of aldehydes is 1. The van der Waals surface area contributed by atoms with Crippen LogP contribution in [-0.4, -0.2) is 48.8 Å². The predicted octanol–water partition coefficient (Wildman–Crippen LogP) is 2.31. The summed E-state index contributed by atoms with van der Waals surface area (Å²) in [5.41, 5.74) is 5.08. The highest BCUT2D eigenvalue weighted by atomic mass is 35.5. The van der Waals surface area contributed by atoms with E-state index in [0.717, 1.165) is 0 Å². The number of nitrogens with zero attached hydrogens (tertiary/aromatic N) is 3. The Labute approximate surface area is 175 Å². The van der Waals surface area contributed by atoms with Gasteiger partial charge in [0.2, 0.25) is 0 Å². The third-order valence-corrected chi connectivity index (χ3v) is 6.09. The minimum Gasteiger partial charge on any atom is -0.385 e. The van der Waals surface area contributed by atoms with Crippen LogP contribution in [0.15, 0.2) is 36.8 Å². The van der Waals surface area contributed by atoms with Gasteiger partial charge in [-0.3, -0.25) is 0 Å². The number of aromatic nitrogens is 3. The fourth-order valence-corrected chi connectivity index (χ4v) is 4.03. The van der Waals surface area contributed by atoms with Crippen molar-refractivity contribution >= 4 is 46.3 Å². The van der Waals surface area contributed by atoms with E-state index >= 15 is 0 Å². The number of nitrogens with two attached hydrogens (primary N) is 1. The molecule has 0 amide bonds. The van der Waals surface area contributed by atoms with Gasteiger partial charge in [-0.15, -0.1) is 0 Å². The molecule has 0 unspecified atom stereocenters. The minimum atomic E-state index is -1.74. The lowest BCUT2D eigenvalue weighted by Crippen LogP contribution is -2.47. The molecule has 4 rings (SSSR count). The van der Waals surface area contributed by atoms with E-state index in [1.54, 1.807) is 35.0 Å². The first kappa shape index (κ1) is 20.1. The molecule has 1 aliphatic heterocycles. The van der Waals surface area contributed by atoms with E-state index in [2.05, 4.69) is 9.97 Å². The SMILES string of the molecule is C[C@@]1(O)[C@@H]([C@H](C=O)c2ccc(Cl)c(Cl)c2)O[C@@H](n2ccc3c(N)ncnc32)[C@@H]1O. The van der Waals surface area contributed by atoms with Crippen LogP contribution in [0.5, 0.6) is 0 Å². The number of nitrogen functional groups attached to an aromatic ring is 1. The molecule has 1 aliphatic rings. The normalized spacial score (nSPS) is 28.0. The second-order valence-corrected chi connectivity index (χ2v) is 7.99. The summed E-state index contributed by atoms with van der Waals surface area (Å²) in [7, 11) is 0. The van der Waals surface area contributed by atoms with E-state index in [-0.39, 0.29) is 10.8 Å². The zero-order chi connectivity index (χ0) is 20.9. The smallest absolute Gasteiger partial charge is 0.164 e. The lowest BCUT2D eigenvalue weighted by molar-refractivity contribution is -0.118. The molecular formula is C19H18Cl2N4O4. The van der Waals surface area contributed by atoms with Crippen molar-refractivity contribution in [1.82, 2.24) is 14.5 Å². The van der Waals surface area contributed by atoms with Crippen LogP contribution in [0.4, 0.5) is 5.82 Å². The molecule has 5 atom stereocenters. The molecule has 0 spiro atoms. The molecule has 0 aliphatic carbocycles. The lowest BCUT2D eigenvalue weighted by atomic mass is 9.83. The van der Waals surface area contributed by atoms with Crippen molar-refractivity contribution in [2.24, 2.45) is 0 Å². The molecule has 152 valence electrons. The van der Waals surface area contributed by atoms with E-state index in [1.807, 2.05) is 0 Å². The number of aliphatic hydroxyl groups is 2. The minimum absolute atomic E-state index is 0.273. The number of hydrogen-bond acceptors (Lipinski definition) is 7. The van der Waals surface area contributed by atoms with Gasteiger partial charge in [0.25, 0.3) is 0 Å². The monoisotopic (exact) mass is 436 g/mol. The van der Waals surface area contributed by atoms with Crippen LogP contribution >= 0.6 is 23.2 Å². The van der Waals surface area contributed by atoms with Crippen LogP contribution in [0, 0.1) is 0 Å². The maximum atomic E-state index is 11.9. The Balaban J connectivity index is 1.74. The molecular weight excluding hydrogens is 419 g/mol. The van der Waals surface area contributed by atoms with Crippen LogP contribution < -0.4 is 5.73 Å². The summed E-state index contributed by atoms with van der Waals surface area (Å²) < 4.78 is 7.57. The summed E-state index contributed by atoms with van der Waals surface area (Å²) in [6.45, 7) is 1.42. The number of fused-ring (bicyclic) bond motifs is 1. The van der Waals surface area contributed by atoms with Gasteiger partial charge in [-0.2, -0.15) is 0 Å². The molecule has 29 heavy (non-hydrogen) atoms. The summed E-state index contributed by atoms with van der Waals surface area (Å²) in [6.07, 6.45) is 0.207. The van der Waals surface area contributed by atoms with Crippen molar-refractivity contribution in [3.8, 4) is 0 Å². The number of aliphatic hydroxyl groups excluding tert-OH is 1. The number of benzene rings is 1. The zero-order valence-electron chi connectivity index (χ0n) is 15.2. The molecule has 0 bridgehead atoms. The first-order valence-electron chi connectivity index (χ1n) is 8.79. The van der Waals surface area contributed by atoms with E-state index in [9.17, 15) is 15.0 Å². The van der Waals surface area contributed by atoms with Crippen LogP contribution in [0.2, 0.25) is 10.0 Å². The number of halogens is 2. The van der Waals surface area contributed by atoms with E-state index in [0.29, 0.717) is 27.9 Å². The number of carbonyl (C=O) groups is 1. The van der Waals surface area contributed by atoms with Gasteiger partial charge in [-0.25, -0.2) is 9.97 Å². The fourth-order valence-electron chi connectivity index (χ4n) is 3.73. The number of anilines is 1. The highest BCUT2D eigenvalue weighted by Gasteiger charge is 2.56. The molecule has 0 radical (unpaired) electrons. The average Bonchev–Trinajstić information content (AvgIpc) is 3.20. The van der Waals surface area contributed by atoms with Crippen LogP contribution in [0.25, 0.3) is 11.0 Å². The maximum absolute atomic E-state index is 11.9. The van der Waals surface area contributed by atoms with Gasteiger partial charge in [0.15, 0.2) is 6.23 Å². The molecule has 3 heterocycles. The van der Waals surface area contributed by atoms with Gasteiger partial charge in [-0.05, 0) is 30.7 Å². The van der Waals surface area contributed by atoms with E-state index in [1.165, 1.54) is 13.3 Å². The molecule has 4 N–H and O–H groups in total. The summed E-state index contributed by atoms with van der Waals surface area (Å²) in [5, 5.41) is 23.1. The van der Waals surface area contributed by atoms with Gasteiger partial charge >= 0.3 is 0 Å². The molecule has 0 saturated carbocycles. The van der Waals surface area contributed by atoms with Crippen molar-refractivity contribution in [3.05, 3.63) is 52.4 Å². The van der Waals surface area contributed by atoms with Crippen molar-refractivity contribution < 1.29 is 19.7 Å². The van der Waals surface area contributed by atoms with Gasteiger partial charge in [0, 0.05) is 6.20 Å². The lowest BCUT2D eigenvalue weighted by Gasteiger charge is -2.30. The van der Waals surface area contributed by atoms with Gasteiger partial charge < -0.3 is 30.0 Å². The Kier molecular flexibility index (Phi) is 5.00. The number of ether oxygens (including phenoxy) is 1. The molecule has 10 heteroatoms. The van der Waals surface area contributed by atoms with Gasteiger partial charge in [0.05, 0.1) is 21.3 Å². The maximum Gasteiger partial charge on any atom is 0.164 e. The average molecular weight is 437 g/mol. The first-order valence-corrected chi connectivity index (χ1v) is 9.54. The summed E-state index contributed by atoms with van der Waals surface area (Å²) >= 11 is 12.0. The van der Waals surface area contributed by atoms with Crippen LogP contribution in [-0.2, 0) is 9.53 Å². The highest BCUT2D eigenvalue weighted by Crippen LogP contribution is 2.44.